The molecule has 1 aliphatic heterocycles. The van der Waals surface area contributed by atoms with Crippen LogP contribution in [-0.4, -0.2) is 27.9 Å². The number of rotatable bonds is 5. The van der Waals surface area contributed by atoms with E-state index in [2.05, 4.69) is 17.2 Å². The van der Waals surface area contributed by atoms with Crippen molar-refractivity contribution in [2.75, 3.05) is 6.61 Å². The van der Waals surface area contributed by atoms with E-state index in [1.165, 1.54) is 6.42 Å². The predicted octanol–water partition coefficient (Wildman–Crippen LogP) is 1.73. The van der Waals surface area contributed by atoms with E-state index in [9.17, 15) is 0 Å². The fourth-order valence-corrected chi connectivity index (χ4v) is 1.76. The molecule has 5 nitrogen and oxygen atoms in total. The molecule has 0 aliphatic carbocycles. The molecule has 0 radical (unpaired) electrons. The van der Waals surface area contributed by atoms with Crippen molar-refractivity contribution in [1.29, 1.82) is 0 Å². The fraction of sp³-hybridized carbons (Fsp3) is 0.818. The molecule has 90 valence electrons. The van der Waals surface area contributed by atoms with Crippen molar-refractivity contribution < 1.29 is 9.47 Å². The van der Waals surface area contributed by atoms with Crippen LogP contribution < -0.4 is 0 Å². The molecule has 16 heavy (non-hydrogen) atoms. The van der Waals surface area contributed by atoms with Crippen LogP contribution in [0.15, 0.2) is 6.20 Å². The van der Waals surface area contributed by atoms with Crippen LogP contribution in [0.5, 0.6) is 0 Å². The summed E-state index contributed by atoms with van der Waals surface area (Å²) in [5, 5.41) is 8.07. The standard InChI is InChI=1S/C11H19N3O2/c1-2-6-14-8-10(12-13-14)9-16-11-5-3-4-7-15-11/h8,11H,2-7,9H2,1H3. The second-order valence-electron chi connectivity index (χ2n) is 4.08. The van der Waals surface area contributed by atoms with E-state index in [1.807, 2.05) is 10.9 Å². The van der Waals surface area contributed by atoms with E-state index >= 15 is 0 Å². The van der Waals surface area contributed by atoms with Crippen molar-refractivity contribution in [2.45, 2.75) is 52.0 Å². The molecule has 2 heterocycles. The maximum absolute atomic E-state index is 5.62. The van der Waals surface area contributed by atoms with Crippen molar-refractivity contribution in [2.24, 2.45) is 0 Å². The van der Waals surface area contributed by atoms with E-state index in [1.54, 1.807) is 0 Å². The van der Waals surface area contributed by atoms with Gasteiger partial charge in [0.25, 0.3) is 0 Å². The van der Waals surface area contributed by atoms with E-state index < -0.39 is 0 Å². The van der Waals surface area contributed by atoms with Crippen LogP contribution in [0.25, 0.3) is 0 Å². The number of nitrogens with zero attached hydrogens (tertiary/aromatic N) is 3. The highest BCUT2D eigenvalue weighted by Crippen LogP contribution is 2.14. The van der Waals surface area contributed by atoms with E-state index in [0.717, 1.165) is 38.1 Å². The third-order valence-electron chi connectivity index (χ3n) is 2.59. The minimum absolute atomic E-state index is 0.0509. The average Bonchev–Trinajstić information content (AvgIpc) is 2.76. The van der Waals surface area contributed by atoms with E-state index in [4.69, 9.17) is 9.47 Å². The van der Waals surface area contributed by atoms with E-state index in [0.29, 0.717) is 6.61 Å². The highest BCUT2D eigenvalue weighted by atomic mass is 16.7. The van der Waals surface area contributed by atoms with Gasteiger partial charge in [-0.15, -0.1) is 5.10 Å². The van der Waals surface area contributed by atoms with Crippen molar-refractivity contribution in [1.82, 2.24) is 15.0 Å². The smallest absolute Gasteiger partial charge is 0.158 e. The molecule has 1 fully saturated rings. The summed E-state index contributed by atoms with van der Waals surface area (Å²) < 4.78 is 12.9. The monoisotopic (exact) mass is 225 g/mol. The summed E-state index contributed by atoms with van der Waals surface area (Å²) in [5.74, 6) is 0. The lowest BCUT2D eigenvalue weighted by atomic mass is 10.2. The number of ether oxygens (including phenoxy) is 2. The van der Waals surface area contributed by atoms with Crippen LogP contribution in [-0.2, 0) is 22.6 Å². The first-order chi connectivity index (χ1) is 7.88. The van der Waals surface area contributed by atoms with Gasteiger partial charge in [-0.2, -0.15) is 0 Å². The Kier molecular flexibility index (Phi) is 4.30. The maximum atomic E-state index is 5.62. The molecule has 0 bridgehead atoms. The summed E-state index contributed by atoms with van der Waals surface area (Å²) in [7, 11) is 0. The zero-order chi connectivity index (χ0) is 11.2. The molecule has 1 aliphatic rings. The number of aromatic nitrogens is 3. The van der Waals surface area contributed by atoms with Crippen LogP contribution in [0.3, 0.4) is 0 Å². The Bertz CT molecular complexity index is 308. The molecule has 1 aromatic rings. The Hall–Kier alpha value is -0.940. The van der Waals surface area contributed by atoms with Gasteiger partial charge in [-0.25, -0.2) is 0 Å². The lowest BCUT2D eigenvalue weighted by Crippen LogP contribution is -2.22. The van der Waals surface area contributed by atoms with Crippen molar-refractivity contribution >= 4 is 0 Å². The third-order valence-corrected chi connectivity index (χ3v) is 2.59. The Morgan fingerprint density at radius 1 is 1.56 bits per heavy atom. The first-order valence-electron chi connectivity index (χ1n) is 6.00. The number of hydrogen-bond acceptors (Lipinski definition) is 4. The topological polar surface area (TPSA) is 49.2 Å². The number of aryl methyl sites for hydroxylation is 1. The minimum atomic E-state index is -0.0509. The summed E-state index contributed by atoms with van der Waals surface area (Å²) in [5.41, 5.74) is 0.877. The van der Waals surface area contributed by atoms with Gasteiger partial charge in [0.05, 0.1) is 12.8 Å². The zero-order valence-corrected chi connectivity index (χ0v) is 9.76. The lowest BCUT2D eigenvalue weighted by Gasteiger charge is -2.22. The van der Waals surface area contributed by atoms with Crippen molar-refractivity contribution in [3.05, 3.63) is 11.9 Å². The lowest BCUT2D eigenvalue weighted by molar-refractivity contribution is -0.169. The van der Waals surface area contributed by atoms with Crippen LogP contribution in [0.4, 0.5) is 0 Å². The van der Waals surface area contributed by atoms with Gasteiger partial charge in [0, 0.05) is 13.2 Å². The van der Waals surface area contributed by atoms with E-state index in [-0.39, 0.29) is 6.29 Å². The van der Waals surface area contributed by atoms with Gasteiger partial charge in [-0.05, 0) is 25.7 Å². The molecule has 0 saturated carbocycles. The molecule has 0 amide bonds. The van der Waals surface area contributed by atoms with Gasteiger partial charge in [-0.3, -0.25) is 4.68 Å². The molecule has 0 aromatic carbocycles. The van der Waals surface area contributed by atoms with Crippen LogP contribution in [0.1, 0.15) is 38.3 Å². The Balaban J connectivity index is 1.75. The summed E-state index contributed by atoms with van der Waals surface area (Å²) in [4.78, 5) is 0. The molecule has 0 N–H and O–H groups in total. The van der Waals surface area contributed by atoms with Gasteiger partial charge in [-0.1, -0.05) is 12.1 Å². The second kappa shape index (κ2) is 5.96. The average molecular weight is 225 g/mol. The molecule has 5 heteroatoms. The summed E-state index contributed by atoms with van der Waals surface area (Å²) >= 11 is 0. The van der Waals surface area contributed by atoms with Crippen LogP contribution in [0.2, 0.25) is 0 Å². The molecular formula is C11H19N3O2. The summed E-state index contributed by atoms with van der Waals surface area (Å²) in [6, 6.07) is 0. The molecular weight excluding hydrogens is 206 g/mol. The van der Waals surface area contributed by atoms with Gasteiger partial charge < -0.3 is 9.47 Å². The van der Waals surface area contributed by atoms with Crippen molar-refractivity contribution in [3.63, 3.8) is 0 Å². The molecule has 1 saturated heterocycles. The minimum Gasteiger partial charge on any atom is -0.353 e. The Morgan fingerprint density at radius 3 is 3.25 bits per heavy atom. The summed E-state index contributed by atoms with van der Waals surface area (Å²) in [6.45, 7) is 4.34. The predicted molar refractivity (Wildman–Crippen MR) is 58.7 cm³/mol. The van der Waals surface area contributed by atoms with Gasteiger partial charge >= 0.3 is 0 Å². The van der Waals surface area contributed by atoms with Gasteiger partial charge in [0.15, 0.2) is 6.29 Å². The summed E-state index contributed by atoms with van der Waals surface area (Å²) in [6.07, 6.45) is 6.27. The van der Waals surface area contributed by atoms with Gasteiger partial charge in [0.1, 0.15) is 5.69 Å². The molecule has 1 atom stereocenters. The largest absolute Gasteiger partial charge is 0.353 e. The first-order valence-corrected chi connectivity index (χ1v) is 6.00. The third kappa shape index (κ3) is 3.28. The van der Waals surface area contributed by atoms with Crippen LogP contribution in [0, 0.1) is 0 Å². The molecule has 2 rings (SSSR count). The number of hydrogen-bond donors (Lipinski definition) is 0. The van der Waals surface area contributed by atoms with Crippen molar-refractivity contribution in [3.8, 4) is 0 Å². The zero-order valence-electron chi connectivity index (χ0n) is 9.76. The maximum Gasteiger partial charge on any atom is 0.158 e. The highest BCUT2D eigenvalue weighted by molar-refractivity contribution is 4.89. The first kappa shape index (κ1) is 11.5. The SMILES string of the molecule is CCCn1cc(COC2CCCCO2)nn1. The highest BCUT2D eigenvalue weighted by Gasteiger charge is 2.14. The Labute approximate surface area is 95.7 Å². The molecule has 1 unspecified atom stereocenters. The second-order valence-corrected chi connectivity index (χ2v) is 4.08. The normalized spacial score (nSPS) is 21.2. The molecule has 1 aromatic heterocycles. The molecule has 0 spiro atoms. The van der Waals surface area contributed by atoms with Crippen LogP contribution >= 0.6 is 0 Å². The quantitative estimate of drug-likeness (QED) is 0.765. The Morgan fingerprint density at radius 2 is 2.50 bits per heavy atom. The fourth-order valence-electron chi connectivity index (χ4n) is 1.76. The van der Waals surface area contributed by atoms with Gasteiger partial charge in [0.2, 0.25) is 0 Å².